The number of aromatic carboxylic acids is 1. The molecule has 176 valence electrons. The smallest absolute Gasteiger partial charge is 0.336 e. The number of carbonyl (C=O) groups is 2. The van der Waals surface area contributed by atoms with Crippen LogP contribution in [0.2, 0.25) is 0 Å². The summed E-state index contributed by atoms with van der Waals surface area (Å²) < 4.78 is 6.41. The fraction of sp³-hybridized carbons (Fsp3) is 0.321. The van der Waals surface area contributed by atoms with E-state index in [4.69, 9.17) is 4.74 Å². The molecule has 2 aromatic carbocycles. The molecule has 2 aromatic rings. The highest BCUT2D eigenvalue weighted by atomic mass is 16.5. The van der Waals surface area contributed by atoms with E-state index in [9.17, 15) is 14.7 Å². The van der Waals surface area contributed by atoms with Gasteiger partial charge in [-0.2, -0.15) is 0 Å². The highest BCUT2D eigenvalue weighted by molar-refractivity contribution is 6.09. The Morgan fingerprint density at radius 3 is 2.53 bits per heavy atom. The SMILES string of the molecule is CCN=C1C=C2Oc3cc(NCC)c(C)cc3C(c3ccc(C(C)=O)cc3C(=O)O)C2C=C1C. The van der Waals surface area contributed by atoms with Gasteiger partial charge in [0.2, 0.25) is 0 Å². The minimum atomic E-state index is -1.05. The molecule has 4 rings (SSSR count). The summed E-state index contributed by atoms with van der Waals surface area (Å²) in [6, 6.07) is 9.06. The largest absolute Gasteiger partial charge is 0.478 e. The lowest BCUT2D eigenvalue weighted by Crippen LogP contribution is -2.29. The van der Waals surface area contributed by atoms with Gasteiger partial charge in [0.15, 0.2) is 5.78 Å². The van der Waals surface area contributed by atoms with E-state index in [1.807, 2.05) is 39.8 Å². The fourth-order valence-electron chi connectivity index (χ4n) is 4.82. The highest BCUT2D eigenvalue weighted by Gasteiger charge is 2.39. The van der Waals surface area contributed by atoms with Crippen LogP contribution in [0.3, 0.4) is 0 Å². The minimum Gasteiger partial charge on any atom is -0.478 e. The zero-order chi connectivity index (χ0) is 24.6. The Morgan fingerprint density at radius 1 is 1.12 bits per heavy atom. The molecule has 0 saturated carbocycles. The molecule has 2 atom stereocenters. The van der Waals surface area contributed by atoms with Crippen LogP contribution >= 0.6 is 0 Å². The van der Waals surface area contributed by atoms with Crippen LogP contribution in [0.15, 0.2) is 58.8 Å². The van der Waals surface area contributed by atoms with Crippen LogP contribution in [0, 0.1) is 12.8 Å². The average molecular weight is 459 g/mol. The number of anilines is 1. The standard InChI is InChI=1S/C28H30N2O4/c1-6-29-23-13-25-21(10-15(23)3)27(19-9-8-18(17(5)31)12-20(19)28(32)33)22-11-16(4)24(30-7-2)14-26(22)34-25/h8-14,21,27,30H,6-7H2,1-5H3,(H,32,33). The molecule has 0 radical (unpaired) electrons. The third kappa shape index (κ3) is 4.16. The first-order chi connectivity index (χ1) is 16.2. The number of aliphatic imine (C=N–C) groups is 1. The average Bonchev–Trinajstić information content (AvgIpc) is 2.79. The Morgan fingerprint density at radius 2 is 1.88 bits per heavy atom. The normalized spacial score (nSPS) is 20.0. The van der Waals surface area contributed by atoms with Crippen molar-refractivity contribution in [1.29, 1.82) is 0 Å². The van der Waals surface area contributed by atoms with Crippen LogP contribution in [0.5, 0.6) is 5.75 Å². The predicted molar refractivity (Wildman–Crippen MR) is 135 cm³/mol. The molecule has 6 heteroatoms. The molecule has 2 aliphatic rings. The van der Waals surface area contributed by atoms with Crippen LogP contribution in [-0.2, 0) is 0 Å². The summed E-state index contributed by atoms with van der Waals surface area (Å²) in [5.74, 6) is -0.244. The van der Waals surface area contributed by atoms with Crippen molar-refractivity contribution in [2.45, 2.75) is 40.5 Å². The number of fused-ring (bicyclic) bond motifs is 2. The Bertz CT molecular complexity index is 1270. The monoisotopic (exact) mass is 458 g/mol. The number of aryl methyl sites for hydroxylation is 1. The molecule has 1 aliphatic carbocycles. The van der Waals surface area contributed by atoms with Gasteiger partial charge in [-0.1, -0.05) is 18.2 Å². The van der Waals surface area contributed by atoms with Crippen molar-refractivity contribution in [2.24, 2.45) is 10.9 Å². The third-order valence-electron chi connectivity index (χ3n) is 6.44. The van der Waals surface area contributed by atoms with E-state index < -0.39 is 5.97 Å². The molecular formula is C28H30N2O4. The topological polar surface area (TPSA) is 88.0 Å². The van der Waals surface area contributed by atoms with Gasteiger partial charge in [0.05, 0.1) is 11.3 Å². The van der Waals surface area contributed by atoms with E-state index in [2.05, 4.69) is 22.5 Å². The number of Topliss-reactive ketones (excluding diaryl/α,β-unsaturated/α-hetero) is 1. The second-order valence-corrected chi connectivity index (χ2v) is 8.76. The number of carboxylic acids is 1. The first-order valence-electron chi connectivity index (χ1n) is 11.6. The first-order valence-corrected chi connectivity index (χ1v) is 11.6. The number of hydrogen-bond acceptors (Lipinski definition) is 5. The summed E-state index contributed by atoms with van der Waals surface area (Å²) in [6.45, 7) is 11.0. The molecule has 1 heterocycles. The number of nitrogens with zero attached hydrogens (tertiary/aromatic N) is 1. The molecule has 0 fully saturated rings. The van der Waals surface area contributed by atoms with E-state index in [1.165, 1.54) is 13.0 Å². The van der Waals surface area contributed by atoms with Gasteiger partial charge in [0.1, 0.15) is 11.5 Å². The van der Waals surface area contributed by atoms with E-state index in [0.29, 0.717) is 23.4 Å². The molecule has 0 aromatic heterocycles. The highest BCUT2D eigenvalue weighted by Crippen LogP contribution is 2.50. The summed E-state index contributed by atoms with van der Waals surface area (Å²) in [7, 11) is 0. The van der Waals surface area contributed by atoms with E-state index in [0.717, 1.165) is 40.4 Å². The van der Waals surface area contributed by atoms with Gasteiger partial charge in [0.25, 0.3) is 0 Å². The number of carbonyl (C=O) groups excluding carboxylic acids is 1. The number of hydrogen-bond donors (Lipinski definition) is 2. The van der Waals surface area contributed by atoms with Crippen LogP contribution in [0.4, 0.5) is 5.69 Å². The first kappa shape index (κ1) is 23.5. The Balaban J connectivity index is 1.98. The molecule has 0 saturated heterocycles. The van der Waals surface area contributed by atoms with Gasteiger partial charge in [-0.25, -0.2) is 4.79 Å². The van der Waals surface area contributed by atoms with Crippen molar-refractivity contribution < 1.29 is 19.4 Å². The van der Waals surface area contributed by atoms with E-state index >= 15 is 0 Å². The van der Waals surface area contributed by atoms with Gasteiger partial charge in [-0.3, -0.25) is 9.79 Å². The maximum Gasteiger partial charge on any atom is 0.336 e. The number of benzene rings is 2. The lowest BCUT2D eigenvalue weighted by Gasteiger charge is -2.37. The minimum absolute atomic E-state index is 0.136. The Kier molecular flexibility index (Phi) is 6.42. The fourth-order valence-corrected chi connectivity index (χ4v) is 4.82. The number of rotatable bonds is 6. The van der Waals surface area contributed by atoms with Crippen molar-refractivity contribution >= 4 is 23.2 Å². The zero-order valence-corrected chi connectivity index (χ0v) is 20.2. The third-order valence-corrected chi connectivity index (χ3v) is 6.44. The molecule has 2 N–H and O–H groups in total. The quantitative estimate of drug-likeness (QED) is 0.536. The zero-order valence-electron chi connectivity index (χ0n) is 20.2. The van der Waals surface area contributed by atoms with Crippen LogP contribution < -0.4 is 10.1 Å². The van der Waals surface area contributed by atoms with Crippen molar-refractivity contribution in [3.05, 3.63) is 81.6 Å². The van der Waals surface area contributed by atoms with Crippen molar-refractivity contribution in [1.82, 2.24) is 0 Å². The Hall–Kier alpha value is -3.67. The van der Waals surface area contributed by atoms with Crippen molar-refractivity contribution in [2.75, 3.05) is 18.4 Å². The number of ketones is 1. The summed E-state index contributed by atoms with van der Waals surface area (Å²) in [6.07, 6.45) is 4.09. The van der Waals surface area contributed by atoms with E-state index in [-0.39, 0.29) is 23.2 Å². The van der Waals surface area contributed by atoms with Crippen molar-refractivity contribution in [3.63, 3.8) is 0 Å². The second-order valence-electron chi connectivity index (χ2n) is 8.76. The molecular weight excluding hydrogens is 428 g/mol. The Labute approximate surface area is 200 Å². The molecule has 34 heavy (non-hydrogen) atoms. The second kappa shape index (κ2) is 9.29. The summed E-state index contributed by atoms with van der Waals surface area (Å²) in [5, 5.41) is 13.4. The predicted octanol–water partition coefficient (Wildman–Crippen LogP) is 5.77. The van der Waals surface area contributed by atoms with Gasteiger partial charge in [-0.15, -0.1) is 0 Å². The number of carboxylic acid groups (broad SMARTS) is 1. The van der Waals surface area contributed by atoms with Gasteiger partial charge in [0, 0.05) is 53.9 Å². The summed E-state index contributed by atoms with van der Waals surface area (Å²) in [5.41, 5.74) is 6.06. The summed E-state index contributed by atoms with van der Waals surface area (Å²) in [4.78, 5) is 28.9. The molecule has 6 nitrogen and oxygen atoms in total. The lowest BCUT2D eigenvalue weighted by atomic mass is 9.73. The van der Waals surface area contributed by atoms with Crippen LogP contribution in [-0.4, -0.2) is 35.7 Å². The number of allylic oxidation sites excluding steroid dienone is 3. The number of ether oxygens (including phenoxy) is 1. The maximum atomic E-state index is 12.3. The van der Waals surface area contributed by atoms with Gasteiger partial charge in [-0.05, 0) is 63.5 Å². The van der Waals surface area contributed by atoms with Gasteiger partial charge < -0.3 is 15.2 Å². The van der Waals surface area contributed by atoms with E-state index in [1.54, 1.807) is 12.1 Å². The molecule has 2 unspecified atom stereocenters. The molecule has 1 aliphatic heterocycles. The summed E-state index contributed by atoms with van der Waals surface area (Å²) >= 11 is 0. The molecule has 0 bridgehead atoms. The van der Waals surface area contributed by atoms with Gasteiger partial charge >= 0.3 is 5.97 Å². The van der Waals surface area contributed by atoms with Crippen LogP contribution in [0.1, 0.15) is 71.0 Å². The molecule has 0 spiro atoms. The number of nitrogens with one attached hydrogen (secondary N) is 1. The molecule has 0 amide bonds. The van der Waals surface area contributed by atoms with Crippen LogP contribution in [0.25, 0.3) is 0 Å². The maximum absolute atomic E-state index is 12.3. The van der Waals surface area contributed by atoms with Crippen molar-refractivity contribution in [3.8, 4) is 5.75 Å². The lowest BCUT2D eigenvalue weighted by molar-refractivity contribution is 0.0695.